The molecular weight excluding hydrogens is 261 g/mol. The van der Waals surface area contributed by atoms with Gasteiger partial charge in [0.2, 0.25) is 0 Å². The highest BCUT2D eigenvalue weighted by Crippen LogP contribution is 2.14. The standard InChI is InChI=1S/C15H16FNO3/c1-20-9-8-13-6-7-14(15(18)19)17(13)10-11-2-4-12(16)5-3-11/h2-7H,8-10H2,1H3,(H,18,19). The molecule has 1 heterocycles. The van der Waals surface area contributed by atoms with Crippen LogP contribution in [0.4, 0.5) is 4.39 Å². The van der Waals surface area contributed by atoms with Crippen LogP contribution >= 0.6 is 0 Å². The van der Waals surface area contributed by atoms with Gasteiger partial charge in [0.25, 0.3) is 0 Å². The fourth-order valence-corrected chi connectivity index (χ4v) is 2.08. The van der Waals surface area contributed by atoms with Gasteiger partial charge in [-0.3, -0.25) is 0 Å². The summed E-state index contributed by atoms with van der Waals surface area (Å²) in [5.74, 6) is -1.28. The van der Waals surface area contributed by atoms with Crippen molar-refractivity contribution in [3.8, 4) is 0 Å². The molecule has 0 unspecified atom stereocenters. The number of methoxy groups -OCH3 is 1. The van der Waals surface area contributed by atoms with E-state index < -0.39 is 5.97 Å². The first-order valence-corrected chi connectivity index (χ1v) is 6.27. The molecular formula is C15H16FNO3. The van der Waals surface area contributed by atoms with Gasteiger partial charge in [0.15, 0.2) is 0 Å². The number of aromatic nitrogens is 1. The van der Waals surface area contributed by atoms with Crippen molar-refractivity contribution in [2.45, 2.75) is 13.0 Å². The second-order valence-electron chi connectivity index (χ2n) is 4.47. The zero-order valence-electron chi connectivity index (χ0n) is 11.2. The van der Waals surface area contributed by atoms with E-state index in [1.165, 1.54) is 12.1 Å². The van der Waals surface area contributed by atoms with E-state index in [9.17, 15) is 14.3 Å². The zero-order valence-corrected chi connectivity index (χ0v) is 11.2. The molecule has 20 heavy (non-hydrogen) atoms. The van der Waals surface area contributed by atoms with Crippen LogP contribution in [-0.4, -0.2) is 29.4 Å². The van der Waals surface area contributed by atoms with E-state index in [0.717, 1.165) is 11.3 Å². The maximum absolute atomic E-state index is 12.9. The Kier molecular flexibility index (Phi) is 4.53. The molecule has 0 bridgehead atoms. The van der Waals surface area contributed by atoms with Crippen molar-refractivity contribution in [3.63, 3.8) is 0 Å². The Morgan fingerprint density at radius 1 is 1.25 bits per heavy atom. The van der Waals surface area contributed by atoms with Gasteiger partial charge in [-0.25, -0.2) is 9.18 Å². The summed E-state index contributed by atoms with van der Waals surface area (Å²) in [5.41, 5.74) is 1.96. The first kappa shape index (κ1) is 14.3. The maximum atomic E-state index is 12.9. The van der Waals surface area contributed by atoms with Crippen LogP contribution in [-0.2, 0) is 17.7 Å². The van der Waals surface area contributed by atoms with Crippen LogP contribution in [0.25, 0.3) is 0 Å². The molecule has 5 heteroatoms. The van der Waals surface area contributed by atoms with Gasteiger partial charge >= 0.3 is 5.97 Å². The summed E-state index contributed by atoms with van der Waals surface area (Å²) in [6, 6.07) is 9.41. The topological polar surface area (TPSA) is 51.5 Å². The molecule has 1 aromatic carbocycles. The molecule has 0 fully saturated rings. The molecule has 0 aliphatic carbocycles. The van der Waals surface area contributed by atoms with Crippen molar-refractivity contribution in [3.05, 3.63) is 59.2 Å². The molecule has 0 aliphatic rings. The summed E-state index contributed by atoms with van der Waals surface area (Å²) in [4.78, 5) is 11.2. The number of carbonyl (C=O) groups is 1. The Morgan fingerprint density at radius 2 is 1.95 bits per heavy atom. The quantitative estimate of drug-likeness (QED) is 0.883. The molecule has 106 valence electrons. The Labute approximate surface area is 116 Å². The maximum Gasteiger partial charge on any atom is 0.352 e. The smallest absolute Gasteiger partial charge is 0.352 e. The van der Waals surface area contributed by atoms with Gasteiger partial charge in [-0.15, -0.1) is 0 Å². The number of ether oxygens (including phenoxy) is 1. The fraction of sp³-hybridized carbons (Fsp3) is 0.267. The van der Waals surface area contributed by atoms with E-state index in [1.54, 1.807) is 35.9 Å². The summed E-state index contributed by atoms with van der Waals surface area (Å²) in [7, 11) is 1.60. The molecule has 0 saturated heterocycles. The van der Waals surface area contributed by atoms with E-state index in [1.807, 2.05) is 0 Å². The summed E-state index contributed by atoms with van der Waals surface area (Å²) in [5, 5.41) is 9.21. The number of halogens is 1. The van der Waals surface area contributed by atoms with Crippen molar-refractivity contribution in [1.29, 1.82) is 0 Å². The normalized spacial score (nSPS) is 10.7. The third kappa shape index (κ3) is 3.24. The Balaban J connectivity index is 2.29. The first-order valence-electron chi connectivity index (χ1n) is 6.27. The average Bonchev–Trinajstić information content (AvgIpc) is 2.82. The van der Waals surface area contributed by atoms with Crippen LogP contribution < -0.4 is 0 Å². The Hall–Kier alpha value is -2.14. The predicted octanol–water partition coefficient (Wildman–Crippen LogP) is 2.56. The van der Waals surface area contributed by atoms with Crippen molar-refractivity contribution in [2.24, 2.45) is 0 Å². The highest BCUT2D eigenvalue weighted by atomic mass is 19.1. The summed E-state index contributed by atoms with van der Waals surface area (Å²) in [6.07, 6.45) is 0.630. The minimum Gasteiger partial charge on any atom is -0.477 e. The summed E-state index contributed by atoms with van der Waals surface area (Å²) >= 11 is 0. The van der Waals surface area contributed by atoms with E-state index in [-0.39, 0.29) is 11.5 Å². The second kappa shape index (κ2) is 6.34. The third-order valence-corrected chi connectivity index (χ3v) is 3.11. The third-order valence-electron chi connectivity index (χ3n) is 3.11. The summed E-state index contributed by atoms with van der Waals surface area (Å²) in [6.45, 7) is 0.917. The van der Waals surface area contributed by atoms with Crippen LogP contribution in [0.3, 0.4) is 0 Å². The van der Waals surface area contributed by atoms with E-state index in [2.05, 4.69) is 0 Å². The molecule has 2 aromatic rings. The highest BCUT2D eigenvalue weighted by molar-refractivity contribution is 5.86. The van der Waals surface area contributed by atoms with Crippen LogP contribution in [0, 0.1) is 5.82 Å². The van der Waals surface area contributed by atoms with Gasteiger partial charge in [-0.05, 0) is 29.8 Å². The lowest BCUT2D eigenvalue weighted by molar-refractivity contribution is 0.0685. The van der Waals surface area contributed by atoms with Gasteiger partial charge in [0.05, 0.1) is 6.61 Å². The number of rotatable bonds is 6. The van der Waals surface area contributed by atoms with Crippen molar-refractivity contribution < 1.29 is 19.0 Å². The first-order chi connectivity index (χ1) is 9.61. The second-order valence-corrected chi connectivity index (χ2v) is 4.47. The molecule has 0 aliphatic heterocycles. The van der Waals surface area contributed by atoms with E-state index >= 15 is 0 Å². The lowest BCUT2D eigenvalue weighted by Gasteiger charge is -2.11. The van der Waals surface area contributed by atoms with Gasteiger partial charge < -0.3 is 14.4 Å². The molecule has 4 nitrogen and oxygen atoms in total. The lowest BCUT2D eigenvalue weighted by Crippen LogP contribution is -2.13. The summed E-state index contributed by atoms with van der Waals surface area (Å²) < 4.78 is 19.6. The van der Waals surface area contributed by atoms with Gasteiger partial charge in [-0.1, -0.05) is 12.1 Å². The van der Waals surface area contributed by atoms with Crippen LogP contribution in [0.15, 0.2) is 36.4 Å². The number of carboxylic acids is 1. The average molecular weight is 277 g/mol. The number of hydrogen-bond donors (Lipinski definition) is 1. The Bertz CT molecular complexity index is 590. The molecule has 0 spiro atoms. The molecule has 1 aromatic heterocycles. The van der Waals surface area contributed by atoms with Gasteiger partial charge in [-0.2, -0.15) is 0 Å². The molecule has 0 amide bonds. The highest BCUT2D eigenvalue weighted by Gasteiger charge is 2.14. The van der Waals surface area contributed by atoms with Gasteiger partial charge in [0.1, 0.15) is 11.5 Å². The molecule has 0 saturated carbocycles. The molecule has 0 atom stereocenters. The number of benzene rings is 1. The monoisotopic (exact) mass is 277 g/mol. The minimum absolute atomic E-state index is 0.223. The van der Waals surface area contributed by atoms with E-state index in [0.29, 0.717) is 19.6 Å². The minimum atomic E-state index is -0.976. The number of carboxylic acid groups (broad SMARTS) is 1. The molecule has 1 N–H and O–H groups in total. The van der Waals surface area contributed by atoms with Crippen LogP contribution in [0.2, 0.25) is 0 Å². The van der Waals surface area contributed by atoms with E-state index in [4.69, 9.17) is 4.74 Å². The zero-order chi connectivity index (χ0) is 14.5. The number of nitrogens with zero attached hydrogens (tertiary/aromatic N) is 1. The molecule has 0 radical (unpaired) electrons. The van der Waals surface area contributed by atoms with Crippen LogP contribution in [0.5, 0.6) is 0 Å². The molecule has 2 rings (SSSR count). The predicted molar refractivity (Wildman–Crippen MR) is 72.5 cm³/mol. The Morgan fingerprint density at radius 3 is 2.55 bits per heavy atom. The van der Waals surface area contributed by atoms with Crippen molar-refractivity contribution in [1.82, 2.24) is 4.57 Å². The number of aromatic carboxylic acids is 1. The SMILES string of the molecule is COCCc1ccc(C(=O)O)n1Cc1ccc(F)cc1. The largest absolute Gasteiger partial charge is 0.477 e. The van der Waals surface area contributed by atoms with Crippen molar-refractivity contribution >= 4 is 5.97 Å². The number of hydrogen-bond acceptors (Lipinski definition) is 2. The van der Waals surface area contributed by atoms with Gasteiger partial charge in [0, 0.05) is 25.8 Å². The fourth-order valence-electron chi connectivity index (χ4n) is 2.08. The van der Waals surface area contributed by atoms with Crippen molar-refractivity contribution in [2.75, 3.05) is 13.7 Å². The lowest BCUT2D eigenvalue weighted by atomic mass is 10.2. The van der Waals surface area contributed by atoms with Crippen LogP contribution in [0.1, 0.15) is 21.7 Å².